The summed E-state index contributed by atoms with van der Waals surface area (Å²) in [6.45, 7) is 6.29. The number of nitrogens with zero attached hydrogens (tertiary/aromatic N) is 5. The molecule has 1 aromatic heterocycles. The Hall–Kier alpha value is -1.58. The smallest absolute Gasteiger partial charge is 0.276 e. The molecule has 10 heteroatoms. The Morgan fingerprint density at radius 1 is 1.43 bits per heavy atom. The third-order valence-corrected chi connectivity index (χ3v) is 7.02. The van der Waals surface area contributed by atoms with Gasteiger partial charge in [-0.1, -0.05) is 25.4 Å². The summed E-state index contributed by atoms with van der Waals surface area (Å²) >= 11 is 9.55. The second-order valence-corrected chi connectivity index (χ2v) is 8.76. The fourth-order valence-corrected chi connectivity index (χ4v) is 3.83. The van der Waals surface area contributed by atoms with Crippen LogP contribution >= 0.6 is 27.5 Å². The van der Waals surface area contributed by atoms with Gasteiger partial charge >= 0.3 is 0 Å². The lowest BCUT2D eigenvalue weighted by Crippen LogP contribution is -2.45. The van der Waals surface area contributed by atoms with Crippen LogP contribution in [0.3, 0.4) is 0 Å². The normalized spacial score (nSPS) is 16.0. The van der Waals surface area contributed by atoms with E-state index in [9.17, 15) is 10.1 Å². The summed E-state index contributed by atoms with van der Waals surface area (Å²) in [5.74, 6) is 0.593. The minimum absolute atomic E-state index is 0.0524. The summed E-state index contributed by atoms with van der Waals surface area (Å²) in [6, 6.07) is 2.78. The van der Waals surface area contributed by atoms with Gasteiger partial charge in [0.05, 0.1) is 21.6 Å². The monoisotopic (exact) mass is 470 g/mol. The maximum Gasteiger partial charge on any atom is 0.276 e. The fourth-order valence-electron chi connectivity index (χ4n) is 3.31. The zero-order valence-electron chi connectivity index (χ0n) is 16.2. The van der Waals surface area contributed by atoms with Gasteiger partial charge in [-0.15, -0.1) is 5.10 Å². The van der Waals surface area contributed by atoms with E-state index in [1.165, 1.54) is 6.07 Å². The van der Waals surface area contributed by atoms with E-state index in [1.807, 2.05) is 4.68 Å². The van der Waals surface area contributed by atoms with E-state index >= 15 is 0 Å². The minimum atomic E-state index is -0.533. The standard InChI is InChI=1S/C18H24BrClN6O2/c1-4-18(3,5-2)21-16(17-22-23-24-25(17)11-7-6-8-11)12-9-13(19)14(20)10-15(12)26(27)28/h9-11,16,21H,4-8H2,1-3H3. The average Bonchev–Trinajstić information content (AvgIpc) is 3.08. The molecule has 0 amide bonds. The molecule has 1 atom stereocenters. The fraction of sp³-hybridized carbons (Fsp3) is 0.611. The number of nitrogens with one attached hydrogen (secondary N) is 1. The van der Waals surface area contributed by atoms with Crippen LogP contribution in [0.4, 0.5) is 5.69 Å². The molecule has 1 aliphatic carbocycles. The van der Waals surface area contributed by atoms with Crippen LogP contribution in [0.25, 0.3) is 0 Å². The van der Waals surface area contributed by atoms with Gasteiger partial charge in [-0.2, -0.15) is 0 Å². The molecule has 1 aromatic carbocycles. The Balaban J connectivity index is 2.16. The predicted octanol–water partition coefficient (Wildman–Crippen LogP) is 4.98. The van der Waals surface area contributed by atoms with Crippen molar-refractivity contribution >= 4 is 33.2 Å². The third-order valence-electron chi connectivity index (χ3n) is 5.83. The Morgan fingerprint density at radius 2 is 2.11 bits per heavy atom. The highest BCUT2D eigenvalue weighted by atomic mass is 79.9. The Labute approximate surface area is 177 Å². The van der Waals surface area contributed by atoms with Crippen LogP contribution in [0.5, 0.6) is 0 Å². The van der Waals surface area contributed by atoms with Crippen LogP contribution in [0, 0.1) is 10.1 Å². The Kier molecular flexibility index (Phi) is 6.36. The summed E-state index contributed by atoms with van der Waals surface area (Å²) in [5, 5.41) is 28.0. The molecule has 1 fully saturated rings. The number of aromatic nitrogens is 4. The van der Waals surface area contributed by atoms with E-state index in [-0.39, 0.29) is 17.3 Å². The topological polar surface area (TPSA) is 98.8 Å². The lowest BCUT2D eigenvalue weighted by Gasteiger charge is -2.34. The summed E-state index contributed by atoms with van der Waals surface area (Å²) in [6.07, 6.45) is 4.86. The maximum atomic E-state index is 11.8. The second kappa shape index (κ2) is 8.42. The van der Waals surface area contributed by atoms with Crippen LogP contribution in [0.1, 0.15) is 76.3 Å². The summed E-state index contributed by atoms with van der Waals surface area (Å²) in [5.41, 5.74) is 0.203. The Morgan fingerprint density at radius 3 is 2.64 bits per heavy atom. The molecule has 1 aliphatic rings. The molecule has 3 rings (SSSR count). The summed E-state index contributed by atoms with van der Waals surface area (Å²) in [7, 11) is 0. The van der Waals surface area contributed by atoms with Gasteiger partial charge in [-0.3, -0.25) is 15.4 Å². The zero-order chi connectivity index (χ0) is 20.5. The van der Waals surface area contributed by atoms with Crippen LogP contribution in [0.2, 0.25) is 5.02 Å². The van der Waals surface area contributed by atoms with Gasteiger partial charge in [-0.25, -0.2) is 4.68 Å². The van der Waals surface area contributed by atoms with Crippen molar-refractivity contribution in [2.24, 2.45) is 0 Å². The first-order chi connectivity index (χ1) is 13.3. The molecule has 0 spiro atoms. The lowest BCUT2D eigenvalue weighted by molar-refractivity contribution is -0.385. The number of hydrogen-bond donors (Lipinski definition) is 1. The molecule has 0 aliphatic heterocycles. The number of halogens is 2. The summed E-state index contributed by atoms with van der Waals surface area (Å²) in [4.78, 5) is 11.4. The first kappa shape index (κ1) is 21.1. The van der Waals surface area contributed by atoms with E-state index < -0.39 is 11.0 Å². The molecule has 1 unspecified atom stereocenters. The van der Waals surface area contributed by atoms with Crippen molar-refractivity contribution in [2.45, 2.75) is 70.5 Å². The predicted molar refractivity (Wildman–Crippen MR) is 110 cm³/mol. The highest BCUT2D eigenvalue weighted by Gasteiger charge is 2.36. The van der Waals surface area contributed by atoms with Crippen LogP contribution < -0.4 is 5.32 Å². The van der Waals surface area contributed by atoms with Crippen molar-refractivity contribution in [3.8, 4) is 0 Å². The van der Waals surface area contributed by atoms with Crippen molar-refractivity contribution in [1.29, 1.82) is 0 Å². The number of rotatable bonds is 8. The van der Waals surface area contributed by atoms with Gasteiger partial charge in [0.25, 0.3) is 5.69 Å². The average molecular weight is 472 g/mol. The molecule has 2 aromatic rings. The molecule has 8 nitrogen and oxygen atoms in total. The highest BCUT2D eigenvalue weighted by molar-refractivity contribution is 9.10. The van der Waals surface area contributed by atoms with Gasteiger partial charge in [0.15, 0.2) is 5.82 Å². The number of nitro groups is 1. The van der Waals surface area contributed by atoms with Crippen molar-refractivity contribution in [3.05, 3.63) is 43.1 Å². The van der Waals surface area contributed by atoms with Gasteiger partial charge in [0.1, 0.15) is 6.04 Å². The van der Waals surface area contributed by atoms with Crippen LogP contribution in [0.15, 0.2) is 16.6 Å². The number of hydrogen-bond acceptors (Lipinski definition) is 6. The quantitative estimate of drug-likeness (QED) is 0.430. The third kappa shape index (κ3) is 4.06. The van der Waals surface area contributed by atoms with Crippen molar-refractivity contribution in [3.63, 3.8) is 0 Å². The zero-order valence-corrected chi connectivity index (χ0v) is 18.5. The van der Waals surface area contributed by atoms with Gasteiger partial charge in [-0.05, 0) is 71.5 Å². The van der Waals surface area contributed by atoms with E-state index in [0.717, 1.165) is 32.1 Å². The molecule has 28 heavy (non-hydrogen) atoms. The highest BCUT2D eigenvalue weighted by Crippen LogP contribution is 2.39. The number of benzene rings is 1. The first-order valence-corrected chi connectivity index (χ1v) is 10.7. The Bertz CT molecular complexity index is 866. The van der Waals surface area contributed by atoms with Gasteiger partial charge in [0, 0.05) is 16.1 Å². The largest absolute Gasteiger partial charge is 0.298 e. The van der Waals surface area contributed by atoms with Crippen LogP contribution in [-0.2, 0) is 0 Å². The molecule has 0 saturated heterocycles. The maximum absolute atomic E-state index is 11.8. The van der Waals surface area contributed by atoms with Gasteiger partial charge in [0.2, 0.25) is 0 Å². The SMILES string of the molecule is CCC(C)(CC)NC(c1cc(Br)c(Cl)cc1[N+](=O)[O-])c1nnnn1C1CCC1. The van der Waals surface area contributed by atoms with Gasteiger partial charge < -0.3 is 0 Å². The van der Waals surface area contributed by atoms with Crippen molar-refractivity contribution in [1.82, 2.24) is 25.5 Å². The van der Waals surface area contributed by atoms with E-state index in [0.29, 0.717) is 20.9 Å². The first-order valence-electron chi connectivity index (χ1n) is 9.48. The lowest BCUT2D eigenvalue weighted by atomic mass is 9.90. The number of nitro benzene ring substituents is 1. The molecule has 0 radical (unpaired) electrons. The van der Waals surface area contributed by atoms with Crippen LogP contribution in [-0.4, -0.2) is 30.7 Å². The molecule has 1 heterocycles. The molecule has 1 saturated carbocycles. The molecule has 152 valence electrons. The second-order valence-electron chi connectivity index (χ2n) is 7.49. The van der Waals surface area contributed by atoms with E-state index in [4.69, 9.17) is 11.6 Å². The molecular weight excluding hydrogens is 448 g/mol. The molecular formula is C18H24BrClN6O2. The minimum Gasteiger partial charge on any atom is -0.298 e. The van der Waals surface area contributed by atoms with Crippen molar-refractivity contribution in [2.75, 3.05) is 0 Å². The van der Waals surface area contributed by atoms with Crippen molar-refractivity contribution < 1.29 is 4.92 Å². The number of tetrazole rings is 1. The molecule has 1 N–H and O–H groups in total. The summed E-state index contributed by atoms with van der Waals surface area (Å²) < 4.78 is 2.41. The van der Waals surface area contributed by atoms with E-state index in [2.05, 4.69) is 57.5 Å². The molecule has 0 bridgehead atoms. The van der Waals surface area contributed by atoms with E-state index in [1.54, 1.807) is 6.07 Å².